The van der Waals surface area contributed by atoms with Crippen LogP contribution in [-0.2, 0) is 0 Å². The minimum Gasteiger partial charge on any atom is -0.378 e. The summed E-state index contributed by atoms with van der Waals surface area (Å²) in [5.74, 6) is 0.0688. The van der Waals surface area contributed by atoms with Crippen LogP contribution in [0.3, 0.4) is 0 Å². The minimum atomic E-state index is 0.0688. The van der Waals surface area contributed by atoms with Gasteiger partial charge in [-0.2, -0.15) is 10.2 Å². The van der Waals surface area contributed by atoms with Gasteiger partial charge in [0, 0.05) is 25.7 Å². The average Bonchev–Trinajstić information content (AvgIpc) is 2.91. The third-order valence-electron chi connectivity index (χ3n) is 7.73. The van der Waals surface area contributed by atoms with Gasteiger partial charge in [0.2, 0.25) is 0 Å². The van der Waals surface area contributed by atoms with Crippen LogP contribution in [0.5, 0.6) is 0 Å². The van der Waals surface area contributed by atoms with Crippen molar-refractivity contribution in [3.63, 3.8) is 0 Å². The molecule has 5 rings (SSSR count). The van der Waals surface area contributed by atoms with Gasteiger partial charge in [0.1, 0.15) is 31.4 Å². The maximum absolute atomic E-state index is 6.48. The summed E-state index contributed by atoms with van der Waals surface area (Å²) < 4.78 is 0. The van der Waals surface area contributed by atoms with Crippen molar-refractivity contribution in [2.45, 2.75) is 26.7 Å². The predicted molar refractivity (Wildman–Crippen MR) is 178 cm³/mol. The second-order valence-corrected chi connectivity index (χ2v) is 10.9. The number of rotatable bonds is 6. The van der Waals surface area contributed by atoms with Gasteiger partial charge in [-0.05, 0) is 83.1 Å². The van der Waals surface area contributed by atoms with Crippen LogP contribution in [0.4, 0.5) is 17.1 Å². The van der Waals surface area contributed by atoms with E-state index in [1.165, 1.54) is 27.9 Å². The number of hydrogen-bond donors (Lipinski definition) is 0. The lowest BCUT2D eigenvalue weighted by atomic mass is 9.74. The van der Waals surface area contributed by atoms with Gasteiger partial charge < -0.3 is 4.90 Å². The number of nitrogens with zero attached hydrogens (tertiary/aromatic N) is 3. The highest BCUT2D eigenvalue weighted by Crippen LogP contribution is 2.38. The number of azo groups is 1. The van der Waals surface area contributed by atoms with Gasteiger partial charge in [0.25, 0.3) is 0 Å². The van der Waals surface area contributed by atoms with E-state index in [0.29, 0.717) is 32.9 Å². The van der Waals surface area contributed by atoms with Gasteiger partial charge in [0.05, 0.1) is 11.4 Å². The van der Waals surface area contributed by atoms with E-state index in [2.05, 4.69) is 111 Å². The van der Waals surface area contributed by atoms with E-state index in [0.717, 1.165) is 22.2 Å². The quantitative estimate of drug-likeness (QED) is 0.182. The van der Waals surface area contributed by atoms with Crippen LogP contribution in [0.25, 0.3) is 10.8 Å². The summed E-state index contributed by atoms with van der Waals surface area (Å²) >= 11 is 0. The molecule has 8 radical (unpaired) electrons. The number of fused-ring (bicyclic) bond motifs is 1. The van der Waals surface area contributed by atoms with E-state index < -0.39 is 0 Å². The van der Waals surface area contributed by atoms with Crippen molar-refractivity contribution < 1.29 is 0 Å². The molecule has 0 aliphatic rings. The van der Waals surface area contributed by atoms with Gasteiger partial charge in [-0.25, -0.2) is 0 Å². The van der Waals surface area contributed by atoms with Crippen LogP contribution in [0.1, 0.15) is 39.3 Å². The molecule has 0 saturated heterocycles. The highest BCUT2D eigenvalue weighted by Gasteiger charge is 2.22. The molecule has 7 heteroatoms. The number of hydrogen-bond acceptors (Lipinski definition) is 3. The Balaban J connectivity index is 1.58. The highest BCUT2D eigenvalue weighted by atomic mass is 15.1. The summed E-state index contributed by atoms with van der Waals surface area (Å²) in [6.07, 6.45) is 0. The monoisotopic (exact) mass is 523 g/mol. The van der Waals surface area contributed by atoms with Crippen LogP contribution in [-0.4, -0.2) is 45.5 Å². The third kappa shape index (κ3) is 5.63. The fourth-order valence-corrected chi connectivity index (χ4v) is 5.51. The fraction of sp³-hybridized carbons (Fsp3) is 0.176. The minimum absolute atomic E-state index is 0.0688. The van der Waals surface area contributed by atoms with Crippen molar-refractivity contribution in [2.24, 2.45) is 10.2 Å². The Hall–Kier alpha value is -3.98. The van der Waals surface area contributed by atoms with Crippen molar-refractivity contribution in [3.8, 4) is 0 Å². The van der Waals surface area contributed by atoms with Crippen LogP contribution in [0, 0.1) is 20.8 Å². The summed E-state index contributed by atoms with van der Waals surface area (Å²) in [6, 6.07) is 26.9. The third-order valence-corrected chi connectivity index (χ3v) is 7.73. The average molecular weight is 523 g/mol. The van der Waals surface area contributed by atoms with Crippen molar-refractivity contribution >= 4 is 81.1 Å². The molecule has 1 atom stereocenters. The number of benzene rings is 5. The summed E-state index contributed by atoms with van der Waals surface area (Å²) in [5.41, 5.74) is 11.2. The van der Waals surface area contributed by atoms with Gasteiger partial charge in [-0.1, -0.05) is 82.5 Å². The van der Waals surface area contributed by atoms with E-state index in [4.69, 9.17) is 31.4 Å². The topological polar surface area (TPSA) is 28.0 Å². The van der Waals surface area contributed by atoms with Crippen LogP contribution in [0.15, 0.2) is 89.1 Å². The Morgan fingerprint density at radius 3 is 2.05 bits per heavy atom. The normalized spacial score (nSPS) is 12.2. The molecule has 0 amide bonds. The molecule has 0 aliphatic carbocycles. The number of anilines is 1. The first-order valence-electron chi connectivity index (χ1n) is 13.6. The van der Waals surface area contributed by atoms with Crippen LogP contribution >= 0.6 is 0 Å². The van der Waals surface area contributed by atoms with Crippen molar-refractivity contribution in [1.82, 2.24) is 0 Å². The molecule has 0 spiro atoms. The summed E-state index contributed by atoms with van der Waals surface area (Å²) in [4.78, 5) is 2.11. The summed E-state index contributed by atoms with van der Waals surface area (Å²) in [6.45, 7) is 6.34. The standard InChI is InChI=1S/C34H29B4N3/c1-19-8-6-7-9-26(19)31(22-10-12-25(13-11-22)41(4)5)27-14-21(3)30(15-20(27)2)39-40-34-29(37)17-23-16-24(35)18-28(36)32(23)33(34)38/h6-18,31H,1-5H3. The molecular weight excluding hydrogens is 494 g/mol. The molecule has 3 nitrogen and oxygen atoms in total. The SMILES string of the molecule is [B]c1cc([B])c2c([B])c(N=Nc3cc(C)c(C(c4ccc(N(C)C)cc4)c4ccccc4C)cc3C)c([B])cc2c1. The molecule has 0 aromatic heterocycles. The molecule has 41 heavy (non-hydrogen) atoms. The zero-order valence-corrected chi connectivity index (χ0v) is 24.2. The van der Waals surface area contributed by atoms with Gasteiger partial charge in [-0.3, -0.25) is 0 Å². The molecule has 5 aromatic carbocycles. The second-order valence-electron chi connectivity index (χ2n) is 10.9. The molecular formula is C34H29B4N3. The van der Waals surface area contributed by atoms with E-state index in [1.54, 1.807) is 18.2 Å². The predicted octanol–water partition coefficient (Wildman–Crippen LogP) is 4.60. The van der Waals surface area contributed by atoms with E-state index in [1.807, 2.05) is 0 Å². The lowest BCUT2D eigenvalue weighted by Crippen LogP contribution is -2.24. The smallest absolute Gasteiger partial charge is 0.117 e. The zero-order chi connectivity index (χ0) is 29.4. The Morgan fingerprint density at radius 1 is 0.659 bits per heavy atom. The molecule has 1 unspecified atom stereocenters. The highest BCUT2D eigenvalue weighted by molar-refractivity contribution is 6.54. The summed E-state index contributed by atoms with van der Waals surface area (Å²) in [7, 11) is 29.1. The summed E-state index contributed by atoms with van der Waals surface area (Å²) in [5, 5.41) is 10.6. The Morgan fingerprint density at radius 2 is 1.37 bits per heavy atom. The van der Waals surface area contributed by atoms with E-state index >= 15 is 0 Å². The molecule has 0 fully saturated rings. The van der Waals surface area contributed by atoms with Crippen molar-refractivity contribution in [3.05, 3.63) is 112 Å². The van der Waals surface area contributed by atoms with Crippen molar-refractivity contribution in [2.75, 3.05) is 19.0 Å². The largest absolute Gasteiger partial charge is 0.378 e. The molecule has 0 N–H and O–H groups in total. The molecule has 0 aliphatic heterocycles. The van der Waals surface area contributed by atoms with Gasteiger partial charge in [0.15, 0.2) is 0 Å². The van der Waals surface area contributed by atoms with Crippen LogP contribution in [0.2, 0.25) is 0 Å². The molecule has 192 valence electrons. The Labute approximate surface area is 248 Å². The maximum atomic E-state index is 6.48. The fourth-order valence-electron chi connectivity index (χ4n) is 5.51. The maximum Gasteiger partial charge on any atom is 0.117 e. The molecule has 0 bridgehead atoms. The first kappa shape index (κ1) is 28.5. The van der Waals surface area contributed by atoms with Gasteiger partial charge >= 0.3 is 0 Å². The molecule has 0 saturated carbocycles. The molecule has 5 aromatic rings. The van der Waals surface area contributed by atoms with Crippen molar-refractivity contribution in [1.29, 1.82) is 0 Å². The lowest BCUT2D eigenvalue weighted by molar-refractivity contribution is 0.944. The zero-order valence-electron chi connectivity index (χ0n) is 24.2. The van der Waals surface area contributed by atoms with E-state index in [-0.39, 0.29) is 5.92 Å². The second kappa shape index (κ2) is 11.5. The first-order valence-corrected chi connectivity index (χ1v) is 13.6. The van der Waals surface area contributed by atoms with Crippen LogP contribution < -0.4 is 26.8 Å². The van der Waals surface area contributed by atoms with E-state index in [9.17, 15) is 0 Å². The Bertz CT molecular complexity index is 1790. The molecule has 0 heterocycles. The Kier molecular flexibility index (Phi) is 8.00. The van der Waals surface area contributed by atoms with Gasteiger partial charge in [-0.15, -0.1) is 0 Å². The first-order chi connectivity index (χ1) is 19.5. The number of aryl methyl sites for hydroxylation is 3. The lowest BCUT2D eigenvalue weighted by Gasteiger charge is -2.24.